The fourth-order valence-corrected chi connectivity index (χ4v) is 4.44. The molecule has 3 aromatic rings. The fourth-order valence-electron chi connectivity index (χ4n) is 4.44. The molecule has 1 heterocycles. The molecule has 0 unspecified atom stereocenters. The molecule has 0 bridgehead atoms. The normalized spacial score (nSPS) is 18.8. The van der Waals surface area contributed by atoms with Gasteiger partial charge in [-0.25, -0.2) is 9.37 Å². The van der Waals surface area contributed by atoms with Gasteiger partial charge in [0.05, 0.1) is 11.1 Å². The van der Waals surface area contributed by atoms with Crippen molar-refractivity contribution >= 4 is 22.7 Å². The van der Waals surface area contributed by atoms with E-state index in [1.54, 1.807) is 0 Å². The van der Waals surface area contributed by atoms with Gasteiger partial charge in [0.25, 0.3) is 0 Å². The van der Waals surface area contributed by atoms with E-state index in [0.29, 0.717) is 24.5 Å². The summed E-state index contributed by atoms with van der Waals surface area (Å²) < 4.78 is 52.1. The topological polar surface area (TPSA) is 53.1 Å². The molecule has 0 saturated heterocycles. The highest BCUT2D eigenvalue weighted by Crippen LogP contribution is 2.31. The molecule has 182 valence electrons. The van der Waals surface area contributed by atoms with Gasteiger partial charge in [-0.05, 0) is 62.4 Å². The maximum Gasteiger partial charge on any atom is 0.416 e. The van der Waals surface area contributed by atoms with Crippen LogP contribution in [0.15, 0.2) is 42.5 Å². The zero-order valence-corrected chi connectivity index (χ0v) is 19.3. The van der Waals surface area contributed by atoms with Crippen LogP contribution in [0, 0.1) is 11.7 Å². The molecule has 0 amide bonds. The number of aromatic nitrogens is 2. The molecule has 4 rings (SSSR count). The van der Waals surface area contributed by atoms with Crippen molar-refractivity contribution in [3.05, 3.63) is 59.4 Å². The van der Waals surface area contributed by atoms with E-state index < -0.39 is 17.6 Å². The van der Waals surface area contributed by atoms with E-state index in [9.17, 15) is 17.6 Å². The van der Waals surface area contributed by atoms with Gasteiger partial charge in [-0.1, -0.05) is 18.2 Å². The third-order valence-electron chi connectivity index (χ3n) is 6.32. The number of nitrogens with one attached hydrogen (secondary N) is 2. The van der Waals surface area contributed by atoms with Crippen LogP contribution in [-0.2, 0) is 12.7 Å². The number of anilines is 2. The Balaban J connectivity index is 1.27. The summed E-state index contributed by atoms with van der Waals surface area (Å²) in [6.45, 7) is 0.908. The van der Waals surface area contributed by atoms with Crippen molar-refractivity contribution < 1.29 is 17.6 Å². The number of nitrogens with zero attached hydrogens (tertiary/aromatic N) is 3. The van der Waals surface area contributed by atoms with Gasteiger partial charge in [-0.15, -0.1) is 0 Å². The summed E-state index contributed by atoms with van der Waals surface area (Å²) in [5.74, 6) is 1.11. The lowest BCUT2D eigenvalue weighted by Crippen LogP contribution is -2.31. The number of hydrogen-bond acceptors (Lipinski definition) is 5. The van der Waals surface area contributed by atoms with Crippen LogP contribution in [0.3, 0.4) is 0 Å². The van der Waals surface area contributed by atoms with Gasteiger partial charge >= 0.3 is 6.18 Å². The first-order valence-electron chi connectivity index (χ1n) is 11.5. The Morgan fingerprint density at radius 1 is 1.00 bits per heavy atom. The van der Waals surface area contributed by atoms with Gasteiger partial charge in [0.15, 0.2) is 0 Å². The molecular weight excluding hydrogens is 446 g/mol. The molecule has 0 radical (unpaired) electrons. The molecule has 0 aliphatic heterocycles. The molecule has 5 nitrogen and oxygen atoms in total. The van der Waals surface area contributed by atoms with E-state index in [0.717, 1.165) is 48.5 Å². The lowest BCUT2D eigenvalue weighted by molar-refractivity contribution is -0.137. The van der Waals surface area contributed by atoms with Crippen molar-refractivity contribution in [3.63, 3.8) is 0 Å². The second kappa shape index (κ2) is 10.1. The van der Waals surface area contributed by atoms with Crippen LogP contribution in [0.5, 0.6) is 0 Å². The summed E-state index contributed by atoms with van der Waals surface area (Å²) in [5.41, 5.74) is 0.179. The molecule has 0 spiro atoms. The molecule has 34 heavy (non-hydrogen) atoms. The van der Waals surface area contributed by atoms with Crippen LogP contribution >= 0.6 is 0 Å². The van der Waals surface area contributed by atoms with Crippen LogP contribution in [0.25, 0.3) is 10.9 Å². The second-order valence-corrected chi connectivity index (χ2v) is 9.08. The lowest BCUT2D eigenvalue weighted by Gasteiger charge is -2.29. The van der Waals surface area contributed by atoms with E-state index >= 15 is 0 Å². The van der Waals surface area contributed by atoms with Gasteiger partial charge < -0.3 is 15.5 Å². The van der Waals surface area contributed by atoms with Crippen molar-refractivity contribution in [1.29, 1.82) is 0 Å². The highest BCUT2D eigenvalue weighted by Gasteiger charge is 2.31. The predicted octanol–water partition coefficient (Wildman–Crippen LogP) is 5.61. The number of hydrogen-bond donors (Lipinski definition) is 2. The predicted molar refractivity (Wildman–Crippen MR) is 126 cm³/mol. The Bertz CT molecular complexity index is 1120. The summed E-state index contributed by atoms with van der Waals surface area (Å²) in [4.78, 5) is 11.4. The summed E-state index contributed by atoms with van der Waals surface area (Å²) in [6.07, 6.45) is -0.614. The van der Waals surface area contributed by atoms with Crippen LogP contribution in [0.1, 0.15) is 36.8 Å². The van der Waals surface area contributed by atoms with Crippen LogP contribution in [0.4, 0.5) is 29.3 Å². The first-order chi connectivity index (χ1) is 16.2. The Morgan fingerprint density at radius 3 is 2.41 bits per heavy atom. The number of halogens is 4. The average Bonchev–Trinajstić information content (AvgIpc) is 2.80. The minimum Gasteiger partial charge on any atom is -0.362 e. The second-order valence-electron chi connectivity index (χ2n) is 9.08. The molecule has 1 saturated carbocycles. The quantitative estimate of drug-likeness (QED) is 0.435. The van der Waals surface area contributed by atoms with Crippen LogP contribution in [-0.4, -0.2) is 36.6 Å². The molecule has 2 aromatic carbocycles. The van der Waals surface area contributed by atoms with E-state index in [-0.39, 0.29) is 18.2 Å². The standard InChI is InChI=1S/C25H29F4N5/c1-34(2)23-20-5-3-4-6-22(20)32-24(33-23)31-19-11-7-16(8-12-19)14-30-15-17-9-10-18(13-21(17)26)25(27,28)29/h3-6,9-10,13,16,19,30H,7-8,11-12,14-15H2,1-2H3,(H,31,32,33)/t16-,19+. The summed E-state index contributed by atoms with van der Waals surface area (Å²) in [6, 6.07) is 10.9. The number of rotatable bonds is 7. The smallest absolute Gasteiger partial charge is 0.362 e. The highest BCUT2D eigenvalue weighted by atomic mass is 19.4. The third-order valence-corrected chi connectivity index (χ3v) is 6.32. The van der Waals surface area contributed by atoms with Crippen molar-refractivity contribution in [3.8, 4) is 0 Å². The molecule has 1 fully saturated rings. The van der Waals surface area contributed by atoms with Crippen molar-refractivity contribution in [2.24, 2.45) is 5.92 Å². The van der Waals surface area contributed by atoms with Gasteiger partial charge in [0.1, 0.15) is 11.6 Å². The average molecular weight is 476 g/mol. The highest BCUT2D eigenvalue weighted by molar-refractivity contribution is 5.90. The van der Waals surface area contributed by atoms with E-state index in [4.69, 9.17) is 4.98 Å². The number of alkyl halides is 3. The molecular formula is C25H29F4N5. The summed E-state index contributed by atoms with van der Waals surface area (Å²) >= 11 is 0. The summed E-state index contributed by atoms with van der Waals surface area (Å²) in [7, 11) is 3.93. The SMILES string of the molecule is CN(C)c1nc(N[C@H]2CC[C@@H](CNCc3ccc(C(F)(F)F)cc3F)CC2)nc2ccccc12. The minimum absolute atomic E-state index is 0.209. The molecule has 1 aliphatic carbocycles. The fraction of sp³-hybridized carbons (Fsp3) is 0.440. The minimum atomic E-state index is -4.54. The Morgan fingerprint density at radius 2 is 1.74 bits per heavy atom. The number of fused-ring (bicyclic) bond motifs is 1. The maximum absolute atomic E-state index is 14.0. The van der Waals surface area contributed by atoms with Crippen molar-refractivity contribution in [1.82, 2.24) is 15.3 Å². The van der Waals surface area contributed by atoms with Crippen LogP contribution < -0.4 is 15.5 Å². The number of para-hydroxylation sites is 1. The van der Waals surface area contributed by atoms with Crippen molar-refractivity contribution in [2.75, 3.05) is 30.9 Å². The first kappa shape index (κ1) is 24.2. The summed E-state index contributed by atoms with van der Waals surface area (Å²) in [5, 5.41) is 7.70. The van der Waals surface area contributed by atoms with Gasteiger partial charge in [-0.3, -0.25) is 0 Å². The molecule has 1 aromatic heterocycles. The monoisotopic (exact) mass is 475 g/mol. The Hall–Kier alpha value is -2.94. The van der Waals surface area contributed by atoms with Crippen molar-refractivity contribution in [2.45, 2.75) is 44.4 Å². The first-order valence-corrected chi connectivity index (χ1v) is 11.5. The molecule has 0 atom stereocenters. The Kier molecular flexibility index (Phi) is 7.21. The third kappa shape index (κ3) is 5.75. The number of benzene rings is 2. The van der Waals surface area contributed by atoms with E-state index in [1.165, 1.54) is 6.07 Å². The Labute approximate surface area is 196 Å². The largest absolute Gasteiger partial charge is 0.416 e. The molecule has 9 heteroatoms. The zero-order chi connectivity index (χ0) is 24.3. The molecule has 2 N–H and O–H groups in total. The lowest BCUT2D eigenvalue weighted by atomic mass is 9.86. The van der Waals surface area contributed by atoms with E-state index in [1.807, 2.05) is 43.3 Å². The maximum atomic E-state index is 14.0. The molecule has 1 aliphatic rings. The van der Waals surface area contributed by atoms with E-state index in [2.05, 4.69) is 15.6 Å². The van der Waals surface area contributed by atoms with Crippen LogP contribution in [0.2, 0.25) is 0 Å². The zero-order valence-electron chi connectivity index (χ0n) is 19.3. The van der Waals surface area contributed by atoms with Gasteiger partial charge in [0, 0.05) is 37.6 Å². The van der Waals surface area contributed by atoms with Gasteiger partial charge in [-0.2, -0.15) is 18.2 Å². The van der Waals surface area contributed by atoms with Gasteiger partial charge in [0.2, 0.25) is 5.95 Å².